The van der Waals surface area contributed by atoms with Gasteiger partial charge in [-0.05, 0) is 23.3 Å². The molecule has 2 aromatic carbocycles. The van der Waals surface area contributed by atoms with E-state index >= 15 is 0 Å². The minimum Gasteiger partial charge on any atom is -0.299 e. The first-order valence-electron chi connectivity index (χ1n) is 6.61. The van der Waals surface area contributed by atoms with Crippen molar-refractivity contribution in [2.75, 3.05) is 0 Å². The molecule has 20 heavy (non-hydrogen) atoms. The Morgan fingerprint density at radius 3 is 2.65 bits per heavy atom. The summed E-state index contributed by atoms with van der Waals surface area (Å²) in [5, 5.41) is 5.37. The van der Waals surface area contributed by atoms with Crippen molar-refractivity contribution in [1.29, 1.82) is 0 Å². The molecule has 0 spiro atoms. The van der Waals surface area contributed by atoms with Crippen LogP contribution in [0.4, 0.5) is 0 Å². The first kappa shape index (κ1) is 13.0. The molecular weight excluding hydrogens is 266 g/mol. The average Bonchev–Trinajstić information content (AvgIpc) is 2.83. The van der Waals surface area contributed by atoms with Gasteiger partial charge < -0.3 is 0 Å². The summed E-state index contributed by atoms with van der Waals surface area (Å²) in [6.07, 6.45) is 0.901. The number of carbonyl (C=O) groups excluding carboxylic acids is 1. The van der Waals surface area contributed by atoms with Crippen LogP contribution in [0.1, 0.15) is 16.3 Å². The number of aryl methyl sites for hydroxylation is 1. The lowest BCUT2D eigenvalue weighted by Gasteiger charge is -2.03. The van der Waals surface area contributed by atoms with E-state index in [-0.39, 0.29) is 5.78 Å². The van der Waals surface area contributed by atoms with Gasteiger partial charge in [-0.3, -0.25) is 4.79 Å². The molecular formula is C17H15NOS. The number of hydrogen-bond acceptors (Lipinski definition) is 3. The smallest absolute Gasteiger partial charge is 0.143 e. The highest BCUT2D eigenvalue weighted by Gasteiger charge is 2.08. The molecule has 1 heterocycles. The standard InChI is InChI=1S/C17H15NOS/c1-12-18-16(11-20-12)10-17(19)9-13-6-7-14-4-2-3-5-15(14)8-13/h2-8,11H,9-10H2,1H3. The Labute approximate surface area is 122 Å². The average molecular weight is 281 g/mol. The normalized spacial score (nSPS) is 10.8. The van der Waals surface area contributed by atoms with Crippen LogP contribution in [0.5, 0.6) is 0 Å². The molecule has 3 heteroatoms. The second-order valence-electron chi connectivity index (χ2n) is 4.93. The summed E-state index contributed by atoms with van der Waals surface area (Å²) in [6.45, 7) is 1.96. The van der Waals surface area contributed by atoms with Crippen LogP contribution in [0.3, 0.4) is 0 Å². The lowest BCUT2D eigenvalue weighted by molar-refractivity contribution is -0.117. The van der Waals surface area contributed by atoms with Crippen molar-refractivity contribution in [1.82, 2.24) is 4.98 Å². The SMILES string of the molecule is Cc1nc(CC(=O)Cc2ccc3ccccc3c2)cs1. The van der Waals surface area contributed by atoms with Gasteiger partial charge in [0.15, 0.2) is 0 Å². The molecule has 100 valence electrons. The molecule has 0 atom stereocenters. The summed E-state index contributed by atoms with van der Waals surface area (Å²) in [4.78, 5) is 16.4. The summed E-state index contributed by atoms with van der Waals surface area (Å²) in [5.41, 5.74) is 1.96. The molecule has 0 N–H and O–H groups in total. The molecule has 0 aliphatic heterocycles. The van der Waals surface area contributed by atoms with E-state index in [1.165, 1.54) is 10.8 Å². The van der Waals surface area contributed by atoms with Gasteiger partial charge >= 0.3 is 0 Å². The number of aromatic nitrogens is 1. The highest BCUT2D eigenvalue weighted by atomic mass is 32.1. The molecule has 0 saturated heterocycles. The van der Waals surface area contributed by atoms with Crippen LogP contribution < -0.4 is 0 Å². The van der Waals surface area contributed by atoms with Gasteiger partial charge in [0, 0.05) is 18.2 Å². The number of fused-ring (bicyclic) bond motifs is 1. The maximum atomic E-state index is 12.1. The number of Topliss-reactive ketones (excluding diaryl/α,β-unsaturated/α-hetero) is 1. The Morgan fingerprint density at radius 1 is 1.10 bits per heavy atom. The minimum atomic E-state index is 0.214. The first-order chi connectivity index (χ1) is 9.70. The summed E-state index contributed by atoms with van der Waals surface area (Å²) in [6, 6.07) is 14.4. The van der Waals surface area contributed by atoms with E-state index in [2.05, 4.69) is 29.2 Å². The number of thiazole rings is 1. The van der Waals surface area contributed by atoms with Crippen molar-refractivity contribution in [3.63, 3.8) is 0 Å². The summed E-state index contributed by atoms with van der Waals surface area (Å²) < 4.78 is 0. The van der Waals surface area contributed by atoms with Crippen molar-refractivity contribution in [2.45, 2.75) is 19.8 Å². The van der Waals surface area contributed by atoms with E-state index in [1.807, 2.05) is 30.5 Å². The third-order valence-corrected chi connectivity index (χ3v) is 4.08. The third-order valence-electron chi connectivity index (χ3n) is 3.26. The monoisotopic (exact) mass is 281 g/mol. The number of ketones is 1. The maximum absolute atomic E-state index is 12.1. The molecule has 0 aliphatic carbocycles. The van der Waals surface area contributed by atoms with Crippen molar-refractivity contribution >= 4 is 27.9 Å². The van der Waals surface area contributed by atoms with Gasteiger partial charge in [-0.1, -0.05) is 42.5 Å². The zero-order valence-electron chi connectivity index (χ0n) is 11.3. The highest BCUT2D eigenvalue weighted by molar-refractivity contribution is 7.09. The first-order valence-corrected chi connectivity index (χ1v) is 7.49. The van der Waals surface area contributed by atoms with Crippen molar-refractivity contribution in [3.05, 3.63) is 64.1 Å². The molecule has 3 rings (SSSR count). The van der Waals surface area contributed by atoms with Gasteiger partial charge in [0.05, 0.1) is 10.7 Å². The Kier molecular flexibility index (Phi) is 3.61. The van der Waals surface area contributed by atoms with Crippen LogP contribution in [0, 0.1) is 6.92 Å². The van der Waals surface area contributed by atoms with Crippen molar-refractivity contribution < 1.29 is 4.79 Å². The zero-order valence-corrected chi connectivity index (χ0v) is 12.1. The van der Waals surface area contributed by atoms with E-state index in [9.17, 15) is 4.79 Å². The largest absolute Gasteiger partial charge is 0.299 e. The second-order valence-corrected chi connectivity index (χ2v) is 5.99. The van der Waals surface area contributed by atoms with E-state index in [0.717, 1.165) is 16.3 Å². The number of benzene rings is 2. The van der Waals surface area contributed by atoms with Crippen LogP contribution in [-0.2, 0) is 17.6 Å². The van der Waals surface area contributed by atoms with E-state index in [0.29, 0.717) is 12.8 Å². The number of nitrogens with zero attached hydrogens (tertiary/aromatic N) is 1. The molecule has 0 aliphatic rings. The van der Waals surface area contributed by atoms with Crippen molar-refractivity contribution in [3.8, 4) is 0 Å². The summed E-state index contributed by atoms with van der Waals surface area (Å²) in [7, 11) is 0. The number of hydrogen-bond donors (Lipinski definition) is 0. The Hall–Kier alpha value is -2.00. The molecule has 0 unspecified atom stereocenters. The molecule has 0 saturated carbocycles. The molecule has 1 aromatic heterocycles. The fraction of sp³-hybridized carbons (Fsp3) is 0.176. The fourth-order valence-electron chi connectivity index (χ4n) is 2.33. The van der Waals surface area contributed by atoms with Crippen LogP contribution in [0.2, 0.25) is 0 Å². The van der Waals surface area contributed by atoms with Crippen LogP contribution in [0.15, 0.2) is 47.8 Å². The van der Waals surface area contributed by atoms with E-state index < -0.39 is 0 Å². The predicted molar refractivity (Wildman–Crippen MR) is 83.2 cm³/mol. The van der Waals surface area contributed by atoms with E-state index in [4.69, 9.17) is 0 Å². The fourth-order valence-corrected chi connectivity index (χ4v) is 2.94. The van der Waals surface area contributed by atoms with Gasteiger partial charge in [-0.2, -0.15) is 0 Å². The number of carbonyl (C=O) groups is 1. The molecule has 3 aromatic rings. The third kappa shape index (κ3) is 2.94. The summed E-state index contributed by atoms with van der Waals surface area (Å²) in [5.74, 6) is 0.214. The van der Waals surface area contributed by atoms with Crippen LogP contribution in [0.25, 0.3) is 10.8 Å². The lowest BCUT2D eigenvalue weighted by atomic mass is 10.0. The van der Waals surface area contributed by atoms with Gasteiger partial charge in [0.2, 0.25) is 0 Å². The van der Waals surface area contributed by atoms with Crippen molar-refractivity contribution in [2.24, 2.45) is 0 Å². The number of rotatable bonds is 4. The molecule has 0 amide bonds. The van der Waals surface area contributed by atoms with Gasteiger partial charge in [-0.25, -0.2) is 4.98 Å². The van der Waals surface area contributed by atoms with Crippen LogP contribution in [-0.4, -0.2) is 10.8 Å². The predicted octanol–water partition coefficient (Wildman–Crippen LogP) is 3.96. The second kappa shape index (κ2) is 5.55. The Bertz CT molecular complexity index is 760. The lowest BCUT2D eigenvalue weighted by Crippen LogP contribution is -2.06. The Morgan fingerprint density at radius 2 is 1.90 bits per heavy atom. The van der Waals surface area contributed by atoms with E-state index in [1.54, 1.807) is 11.3 Å². The maximum Gasteiger partial charge on any atom is 0.143 e. The molecule has 0 fully saturated rings. The van der Waals surface area contributed by atoms with Gasteiger partial charge in [-0.15, -0.1) is 11.3 Å². The molecule has 2 nitrogen and oxygen atoms in total. The van der Waals surface area contributed by atoms with Crippen LogP contribution >= 0.6 is 11.3 Å². The highest BCUT2D eigenvalue weighted by Crippen LogP contribution is 2.17. The van der Waals surface area contributed by atoms with Gasteiger partial charge in [0.25, 0.3) is 0 Å². The molecule has 0 radical (unpaired) electrons. The van der Waals surface area contributed by atoms with Gasteiger partial charge in [0.1, 0.15) is 5.78 Å². The topological polar surface area (TPSA) is 30.0 Å². The molecule has 0 bridgehead atoms. The zero-order chi connectivity index (χ0) is 13.9. The minimum absolute atomic E-state index is 0.214. The quantitative estimate of drug-likeness (QED) is 0.724. The Balaban J connectivity index is 1.73. The summed E-state index contributed by atoms with van der Waals surface area (Å²) >= 11 is 1.59.